The SMILES string of the molecule is CC(C)(C)Oc1ccc(C(=O)C(C)(C)C)cc1. The number of rotatable bonds is 2. The largest absolute Gasteiger partial charge is 0.488 e. The van der Waals surface area contributed by atoms with Gasteiger partial charge in [-0.1, -0.05) is 20.8 Å². The molecule has 0 heterocycles. The van der Waals surface area contributed by atoms with Crippen molar-refractivity contribution in [3.63, 3.8) is 0 Å². The molecule has 94 valence electrons. The monoisotopic (exact) mass is 234 g/mol. The van der Waals surface area contributed by atoms with Gasteiger partial charge in [0.1, 0.15) is 11.4 Å². The van der Waals surface area contributed by atoms with Crippen LogP contribution in [0.25, 0.3) is 0 Å². The van der Waals surface area contributed by atoms with Crippen LogP contribution in [0.5, 0.6) is 5.75 Å². The Balaban J connectivity index is 2.86. The lowest BCUT2D eigenvalue weighted by atomic mass is 9.86. The Morgan fingerprint density at radius 2 is 1.41 bits per heavy atom. The van der Waals surface area contributed by atoms with Crippen molar-refractivity contribution in [1.29, 1.82) is 0 Å². The summed E-state index contributed by atoms with van der Waals surface area (Å²) < 4.78 is 5.71. The Morgan fingerprint density at radius 1 is 0.941 bits per heavy atom. The quantitative estimate of drug-likeness (QED) is 0.720. The van der Waals surface area contributed by atoms with Crippen LogP contribution in [-0.2, 0) is 0 Å². The molecule has 0 fully saturated rings. The second-order valence-corrected chi connectivity index (χ2v) is 6.32. The molecule has 0 bridgehead atoms. The molecule has 0 aliphatic carbocycles. The molecule has 1 rings (SSSR count). The summed E-state index contributed by atoms with van der Waals surface area (Å²) in [5.41, 5.74) is 0.181. The highest BCUT2D eigenvalue weighted by Gasteiger charge is 2.22. The molecule has 0 unspecified atom stereocenters. The van der Waals surface area contributed by atoms with E-state index in [1.165, 1.54) is 0 Å². The molecule has 2 nitrogen and oxygen atoms in total. The standard InChI is InChI=1S/C15H22O2/c1-14(2,3)13(16)11-7-9-12(10-8-11)17-15(4,5)6/h7-10H,1-6H3. The van der Waals surface area contributed by atoms with Crippen molar-refractivity contribution in [3.8, 4) is 5.75 Å². The molecule has 0 amide bonds. The molecule has 17 heavy (non-hydrogen) atoms. The van der Waals surface area contributed by atoms with E-state index in [4.69, 9.17) is 4.74 Å². The van der Waals surface area contributed by atoms with E-state index in [1.807, 2.05) is 65.8 Å². The molecule has 2 heteroatoms. The lowest BCUT2D eigenvalue weighted by molar-refractivity contribution is 0.0858. The molecule has 0 aliphatic rings. The highest BCUT2D eigenvalue weighted by molar-refractivity contribution is 5.99. The summed E-state index contributed by atoms with van der Waals surface area (Å²) in [4.78, 5) is 12.0. The van der Waals surface area contributed by atoms with Crippen molar-refractivity contribution in [1.82, 2.24) is 0 Å². The molecule has 1 aromatic carbocycles. The van der Waals surface area contributed by atoms with Gasteiger partial charge >= 0.3 is 0 Å². The van der Waals surface area contributed by atoms with Crippen molar-refractivity contribution in [2.24, 2.45) is 5.41 Å². The molecule has 0 saturated carbocycles. The summed E-state index contributed by atoms with van der Waals surface area (Å²) in [6, 6.07) is 7.36. The molecule has 0 N–H and O–H groups in total. The Bertz CT molecular complexity index is 388. The maximum Gasteiger partial charge on any atom is 0.168 e. The van der Waals surface area contributed by atoms with Gasteiger partial charge in [-0.15, -0.1) is 0 Å². The van der Waals surface area contributed by atoms with Crippen LogP contribution in [0.3, 0.4) is 0 Å². The van der Waals surface area contributed by atoms with Crippen LogP contribution in [0.4, 0.5) is 0 Å². The minimum atomic E-state index is -0.341. The number of carbonyl (C=O) groups is 1. The Hall–Kier alpha value is -1.31. The summed E-state index contributed by atoms with van der Waals surface area (Å²) in [7, 11) is 0. The summed E-state index contributed by atoms with van der Waals surface area (Å²) in [5, 5.41) is 0. The highest BCUT2D eigenvalue weighted by Crippen LogP contribution is 2.23. The summed E-state index contributed by atoms with van der Waals surface area (Å²) in [5.74, 6) is 0.947. The van der Waals surface area contributed by atoms with E-state index in [1.54, 1.807) is 0 Å². The average molecular weight is 234 g/mol. The molecule has 0 atom stereocenters. The van der Waals surface area contributed by atoms with Gasteiger partial charge in [0, 0.05) is 11.0 Å². The van der Waals surface area contributed by atoms with Crippen LogP contribution in [0.15, 0.2) is 24.3 Å². The zero-order chi connectivity index (χ0) is 13.3. The first-order valence-electron chi connectivity index (χ1n) is 5.93. The van der Waals surface area contributed by atoms with E-state index in [2.05, 4.69) is 0 Å². The maximum absolute atomic E-state index is 12.0. The van der Waals surface area contributed by atoms with Gasteiger partial charge in [0.05, 0.1) is 0 Å². The van der Waals surface area contributed by atoms with E-state index in [0.29, 0.717) is 0 Å². The van der Waals surface area contributed by atoms with E-state index < -0.39 is 0 Å². The summed E-state index contributed by atoms with van der Waals surface area (Å²) >= 11 is 0. The van der Waals surface area contributed by atoms with E-state index in [9.17, 15) is 4.79 Å². The topological polar surface area (TPSA) is 26.3 Å². The number of hydrogen-bond acceptors (Lipinski definition) is 2. The molecular weight excluding hydrogens is 212 g/mol. The minimum Gasteiger partial charge on any atom is -0.488 e. The normalized spacial score (nSPS) is 12.4. The summed E-state index contributed by atoms with van der Waals surface area (Å²) in [6.45, 7) is 11.8. The Labute approximate surface area is 104 Å². The zero-order valence-corrected chi connectivity index (χ0v) is 11.6. The molecule has 0 aliphatic heterocycles. The zero-order valence-electron chi connectivity index (χ0n) is 11.6. The third-order valence-electron chi connectivity index (χ3n) is 2.22. The van der Waals surface area contributed by atoms with Crippen LogP contribution in [0, 0.1) is 5.41 Å². The second kappa shape index (κ2) is 4.52. The van der Waals surface area contributed by atoms with E-state index in [-0.39, 0.29) is 16.8 Å². The Morgan fingerprint density at radius 3 is 1.76 bits per heavy atom. The van der Waals surface area contributed by atoms with Crippen molar-refractivity contribution in [2.75, 3.05) is 0 Å². The summed E-state index contributed by atoms with van der Waals surface area (Å²) in [6.07, 6.45) is 0. The van der Waals surface area contributed by atoms with Gasteiger partial charge in [0.2, 0.25) is 0 Å². The number of benzene rings is 1. The van der Waals surface area contributed by atoms with Crippen molar-refractivity contribution >= 4 is 5.78 Å². The maximum atomic E-state index is 12.0. The fourth-order valence-electron chi connectivity index (χ4n) is 1.46. The predicted octanol–water partition coefficient (Wildman–Crippen LogP) is 4.09. The van der Waals surface area contributed by atoms with E-state index in [0.717, 1.165) is 11.3 Å². The Kier molecular flexibility index (Phi) is 3.65. The van der Waals surface area contributed by atoms with Crippen LogP contribution in [-0.4, -0.2) is 11.4 Å². The van der Waals surface area contributed by atoms with E-state index >= 15 is 0 Å². The minimum absolute atomic E-state index is 0.153. The van der Waals surface area contributed by atoms with Gasteiger partial charge < -0.3 is 4.74 Å². The average Bonchev–Trinajstić information content (AvgIpc) is 2.14. The van der Waals surface area contributed by atoms with Crippen LogP contribution >= 0.6 is 0 Å². The molecule has 0 aromatic heterocycles. The number of carbonyl (C=O) groups excluding carboxylic acids is 1. The number of hydrogen-bond donors (Lipinski definition) is 0. The van der Waals surface area contributed by atoms with Gasteiger partial charge in [-0.25, -0.2) is 0 Å². The molecule has 1 aromatic rings. The molecule has 0 spiro atoms. The second-order valence-electron chi connectivity index (χ2n) is 6.32. The lowest BCUT2D eigenvalue weighted by Gasteiger charge is -2.22. The van der Waals surface area contributed by atoms with Crippen molar-refractivity contribution in [2.45, 2.75) is 47.1 Å². The fraction of sp³-hybridized carbons (Fsp3) is 0.533. The number of ether oxygens (including phenoxy) is 1. The van der Waals surface area contributed by atoms with Gasteiger partial charge in [-0.2, -0.15) is 0 Å². The smallest absolute Gasteiger partial charge is 0.168 e. The van der Waals surface area contributed by atoms with Gasteiger partial charge in [-0.3, -0.25) is 4.79 Å². The highest BCUT2D eigenvalue weighted by atomic mass is 16.5. The van der Waals surface area contributed by atoms with Gasteiger partial charge in [0.15, 0.2) is 5.78 Å². The van der Waals surface area contributed by atoms with Crippen LogP contribution in [0.1, 0.15) is 51.9 Å². The van der Waals surface area contributed by atoms with Gasteiger partial charge in [-0.05, 0) is 45.0 Å². The number of Topliss-reactive ketones (excluding diaryl/α,β-unsaturated/α-hetero) is 1. The lowest BCUT2D eigenvalue weighted by Crippen LogP contribution is -2.23. The first-order chi connectivity index (χ1) is 7.59. The van der Waals surface area contributed by atoms with Crippen molar-refractivity contribution in [3.05, 3.63) is 29.8 Å². The third-order valence-corrected chi connectivity index (χ3v) is 2.22. The number of ketones is 1. The molecule has 0 saturated heterocycles. The van der Waals surface area contributed by atoms with Crippen LogP contribution < -0.4 is 4.74 Å². The van der Waals surface area contributed by atoms with Crippen molar-refractivity contribution < 1.29 is 9.53 Å². The third kappa shape index (κ3) is 4.22. The molecule has 0 radical (unpaired) electrons. The first-order valence-corrected chi connectivity index (χ1v) is 5.93. The molecular formula is C15H22O2. The van der Waals surface area contributed by atoms with Crippen LogP contribution in [0.2, 0.25) is 0 Å². The first kappa shape index (κ1) is 13.8. The fourth-order valence-corrected chi connectivity index (χ4v) is 1.46. The predicted molar refractivity (Wildman–Crippen MR) is 70.6 cm³/mol. The van der Waals surface area contributed by atoms with Gasteiger partial charge in [0.25, 0.3) is 0 Å².